The van der Waals surface area contributed by atoms with E-state index in [1.54, 1.807) is 6.92 Å². The fraction of sp³-hybridized carbons (Fsp3) is 0.909. The zero-order valence-electron chi connectivity index (χ0n) is 9.14. The van der Waals surface area contributed by atoms with Crippen LogP contribution in [0.5, 0.6) is 0 Å². The third-order valence-electron chi connectivity index (χ3n) is 2.63. The molecule has 1 aliphatic heterocycles. The SMILES string of the molecule is CC(=O)CC1(C)CCCC(C)(C)O1. The summed E-state index contributed by atoms with van der Waals surface area (Å²) >= 11 is 0. The lowest BCUT2D eigenvalue weighted by molar-refractivity contribution is -0.171. The maximum atomic E-state index is 11.0. The van der Waals surface area contributed by atoms with E-state index in [-0.39, 0.29) is 17.0 Å². The van der Waals surface area contributed by atoms with Gasteiger partial charge in [0.05, 0.1) is 11.2 Å². The Labute approximate surface area is 80.7 Å². The number of hydrogen-bond donors (Lipinski definition) is 0. The first-order valence-corrected chi connectivity index (χ1v) is 5.03. The molecule has 0 bridgehead atoms. The number of carbonyl (C=O) groups excluding carboxylic acids is 1. The minimum Gasteiger partial charge on any atom is -0.369 e. The van der Waals surface area contributed by atoms with E-state index in [0.717, 1.165) is 19.3 Å². The van der Waals surface area contributed by atoms with Gasteiger partial charge in [-0.2, -0.15) is 0 Å². The van der Waals surface area contributed by atoms with Crippen LogP contribution in [0, 0.1) is 0 Å². The van der Waals surface area contributed by atoms with Crippen molar-refractivity contribution in [1.29, 1.82) is 0 Å². The average molecular weight is 184 g/mol. The van der Waals surface area contributed by atoms with Crippen molar-refractivity contribution in [1.82, 2.24) is 0 Å². The minimum absolute atomic E-state index is 0.0531. The molecule has 1 saturated heterocycles. The highest BCUT2D eigenvalue weighted by Gasteiger charge is 2.37. The lowest BCUT2D eigenvalue weighted by atomic mass is 9.85. The summed E-state index contributed by atoms with van der Waals surface area (Å²) in [5, 5.41) is 0. The van der Waals surface area contributed by atoms with E-state index >= 15 is 0 Å². The highest BCUT2D eigenvalue weighted by atomic mass is 16.5. The van der Waals surface area contributed by atoms with E-state index < -0.39 is 0 Å². The predicted octanol–water partition coefficient (Wildman–Crippen LogP) is 2.70. The van der Waals surface area contributed by atoms with Gasteiger partial charge in [-0.1, -0.05) is 0 Å². The molecule has 0 N–H and O–H groups in total. The molecule has 1 aliphatic rings. The van der Waals surface area contributed by atoms with E-state index in [4.69, 9.17) is 4.74 Å². The molecule has 0 aromatic carbocycles. The Morgan fingerprint density at radius 1 is 1.31 bits per heavy atom. The Kier molecular flexibility index (Phi) is 2.81. The Balaban J connectivity index is 2.63. The number of ketones is 1. The molecular weight excluding hydrogens is 164 g/mol. The summed E-state index contributed by atoms with van der Waals surface area (Å²) in [7, 11) is 0. The maximum Gasteiger partial charge on any atom is 0.132 e. The van der Waals surface area contributed by atoms with E-state index in [2.05, 4.69) is 20.8 Å². The molecule has 0 spiro atoms. The van der Waals surface area contributed by atoms with Crippen LogP contribution in [0.2, 0.25) is 0 Å². The highest BCUT2D eigenvalue weighted by molar-refractivity contribution is 5.76. The summed E-state index contributed by atoms with van der Waals surface area (Å²) in [5.41, 5.74) is -0.268. The van der Waals surface area contributed by atoms with Crippen molar-refractivity contribution in [3.63, 3.8) is 0 Å². The van der Waals surface area contributed by atoms with Crippen LogP contribution < -0.4 is 0 Å². The number of carbonyl (C=O) groups is 1. The van der Waals surface area contributed by atoms with Crippen LogP contribution in [0.3, 0.4) is 0 Å². The number of hydrogen-bond acceptors (Lipinski definition) is 2. The Bertz CT molecular complexity index is 208. The summed E-state index contributed by atoms with van der Waals surface area (Å²) in [6.07, 6.45) is 3.82. The molecule has 1 rings (SSSR count). The Morgan fingerprint density at radius 3 is 2.38 bits per heavy atom. The van der Waals surface area contributed by atoms with Crippen molar-refractivity contribution in [2.24, 2.45) is 0 Å². The van der Waals surface area contributed by atoms with E-state index in [9.17, 15) is 4.79 Å². The molecule has 1 unspecified atom stereocenters. The average Bonchev–Trinajstić information content (AvgIpc) is 1.79. The van der Waals surface area contributed by atoms with Gasteiger partial charge in [-0.15, -0.1) is 0 Å². The zero-order valence-corrected chi connectivity index (χ0v) is 9.14. The van der Waals surface area contributed by atoms with Gasteiger partial charge in [-0.25, -0.2) is 0 Å². The molecule has 1 fully saturated rings. The van der Waals surface area contributed by atoms with Gasteiger partial charge in [0.2, 0.25) is 0 Å². The topological polar surface area (TPSA) is 26.3 Å². The quantitative estimate of drug-likeness (QED) is 0.659. The maximum absolute atomic E-state index is 11.0. The second kappa shape index (κ2) is 3.41. The molecule has 0 radical (unpaired) electrons. The van der Waals surface area contributed by atoms with Gasteiger partial charge >= 0.3 is 0 Å². The van der Waals surface area contributed by atoms with Crippen LogP contribution in [-0.2, 0) is 9.53 Å². The summed E-state index contributed by atoms with van der Waals surface area (Å²) in [6.45, 7) is 7.89. The van der Waals surface area contributed by atoms with Gasteiger partial charge in [0.15, 0.2) is 0 Å². The monoisotopic (exact) mass is 184 g/mol. The lowest BCUT2D eigenvalue weighted by Crippen LogP contribution is -2.44. The first kappa shape index (κ1) is 10.7. The van der Waals surface area contributed by atoms with E-state index in [0.29, 0.717) is 6.42 Å². The van der Waals surface area contributed by atoms with Crippen molar-refractivity contribution in [2.45, 2.75) is 64.6 Å². The van der Waals surface area contributed by atoms with Gasteiger partial charge in [-0.3, -0.25) is 4.79 Å². The summed E-state index contributed by atoms with van der Waals surface area (Å²) in [6, 6.07) is 0. The van der Waals surface area contributed by atoms with Gasteiger partial charge in [0.1, 0.15) is 5.78 Å². The van der Waals surface area contributed by atoms with Crippen LogP contribution in [0.4, 0.5) is 0 Å². The molecule has 0 aliphatic carbocycles. The van der Waals surface area contributed by atoms with Crippen molar-refractivity contribution < 1.29 is 9.53 Å². The van der Waals surface area contributed by atoms with E-state index in [1.807, 2.05) is 0 Å². The van der Waals surface area contributed by atoms with Crippen molar-refractivity contribution >= 4 is 5.78 Å². The molecular formula is C11H20O2. The first-order valence-electron chi connectivity index (χ1n) is 5.03. The summed E-state index contributed by atoms with van der Waals surface area (Å²) in [5.74, 6) is 0.222. The summed E-state index contributed by atoms with van der Waals surface area (Å²) in [4.78, 5) is 11.0. The third kappa shape index (κ3) is 3.11. The van der Waals surface area contributed by atoms with Crippen LogP contribution in [0.15, 0.2) is 0 Å². The lowest BCUT2D eigenvalue weighted by Gasteiger charge is -2.43. The van der Waals surface area contributed by atoms with Crippen LogP contribution >= 0.6 is 0 Å². The Hall–Kier alpha value is -0.370. The fourth-order valence-electron chi connectivity index (χ4n) is 2.31. The standard InChI is InChI=1S/C11H20O2/c1-9(12)8-11(4)7-5-6-10(2,3)13-11/h5-8H2,1-4H3. The van der Waals surface area contributed by atoms with Crippen LogP contribution in [0.25, 0.3) is 0 Å². The molecule has 0 amide bonds. The van der Waals surface area contributed by atoms with Crippen molar-refractivity contribution in [3.8, 4) is 0 Å². The third-order valence-corrected chi connectivity index (χ3v) is 2.63. The summed E-state index contributed by atoms with van der Waals surface area (Å²) < 4.78 is 5.95. The number of ether oxygens (including phenoxy) is 1. The van der Waals surface area contributed by atoms with Gasteiger partial charge < -0.3 is 4.74 Å². The predicted molar refractivity (Wildman–Crippen MR) is 52.7 cm³/mol. The molecule has 1 heterocycles. The molecule has 0 saturated carbocycles. The van der Waals surface area contributed by atoms with Crippen molar-refractivity contribution in [2.75, 3.05) is 0 Å². The second-order valence-electron chi connectivity index (χ2n) is 5.04. The second-order valence-corrected chi connectivity index (χ2v) is 5.04. The number of Topliss-reactive ketones (excluding diaryl/α,β-unsaturated/α-hetero) is 1. The van der Waals surface area contributed by atoms with Crippen LogP contribution in [0.1, 0.15) is 53.4 Å². The van der Waals surface area contributed by atoms with Gasteiger partial charge in [-0.05, 0) is 47.0 Å². The van der Waals surface area contributed by atoms with Gasteiger partial charge in [0, 0.05) is 6.42 Å². The largest absolute Gasteiger partial charge is 0.369 e. The smallest absolute Gasteiger partial charge is 0.132 e. The number of rotatable bonds is 2. The molecule has 1 atom stereocenters. The van der Waals surface area contributed by atoms with E-state index in [1.165, 1.54) is 0 Å². The molecule has 2 heteroatoms. The first-order chi connectivity index (χ1) is 5.83. The molecule has 2 nitrogen and oxygen atoms in total. The minimum atomic E-state index is -0.215. The highest BCUT2D eigenvalue weighted by Crippen LogP contribution is 2.36. The normalized spacial score (nSPS) is 32.9. The molecule has 0 aromatic heterocycles. The Morgan fingerprint density at radius 2 is 1.92 bits per heavy atom. The van der Waals surface area contributed by atoms with Crippen molar-refractivity contribution in [3.05, 3.63) is 0 Å². The molecule has 76 valence electrons. The zero-order chi connectivity index (χ0) is 10.1. The molecule has 13 heavy (non-hydrogen) atoms. The van der Waals surface area contributed by atoms with Crippen LogP contribution in [-0.4, -0.2) is 17.0 Å². The molecule has 0 aromatic rings. The van der Waals surface area contributed by atoms with Gasteiger partial charge in [0.25, 0.3) is 0 Å². The fourth-order valence-corrected chi connectivity index (χ4v) is 2.31.